The molecule has 0 radical (unpaired) electrons. The van der Waals surface area contributed by atoms with Gasteiger partial charge in [0, 0.05) is 23.1 Å². The molecule has 1 aromatic heterocycles. The molecule has 16 heavy (non-hydrogen) atoms. The molecule has 0 atom stereocenters. The van der Waals surface area contributed by atoms with Crippen LogP contribution in [-0.2, 0) is 21.9 Å². The van der Waals surface area contributed by atoms with E-state index in [0.29, 0.717) is 5.56 Å². The maximum absolute atomic E-state index is 11.0. The van der Waals surface area contributed by atoms with Crippen LogP contribution in [0.5, 0.6) is 0 Å². The molecule has 86 valence electrons. The van der Waals surface area contributed by atoms with Crippen molar-refractivity contribution in [1.82, 2.24) is 9.78 Å². The van der Waals surface area contributed by atoms with E-state index in [1.54, 1.807) is 16.8 Å². The summed E-state index contributed by atoms with van der Waals surface area (Å²) in [6.07, 6.45) is 0. The van der Waals surface area contributed by atoms with Gasteiger partial charge in [0.05, 0.1) is 17.0 Å². The summed E-state index contributed by atoms with van der Waals surface area (Å²) in [5.74, 6) is -0.158. The molecule has 0 saturated heterocycles. The van der Waals surface area contributed by atoms with E-state index in [1.165, 1.54) is 0 Å². The van der Waals surface area contributed by atoms with Crippen LogP contribution in [0.15, 0.2) is 18.2 Å². The molecule has 0 aliphatic rings. The monoisotopic (exact) mass is 258 g/mol. The second-order valence-corrected chi connectivity index (χ2v) is 6.52. The van der Waals surface area contributed by atoms with Gasteiger partial charge in [-0.2, -0.15) is 5.10 Å². The number of aryl methyl sites for hydroxylation is 2. The van der Waals surface area contributed by atoms with Gasteiger partial charge >= 0.3 is 0 Å². The fourth-order valence-corrected chi connectivity index (χ4v) is 2.73. The molecule has 0 fully saturated rings. The Kier molecular flexibility index (Phi) is 2.67. The van der Waals surface area contributed by atoms with Crippen molar-refractivity contribution in [3.63, 3.8) is 0 Å². The minimum atomic E-state index is -3.51. The van der Waals surface area contributed by atoms with Gasteiger partial charge in [0.25, 0.3) is 0 Å². The van der Waals surface area contributed by atoms with Crippen molar-refractivity contribution >= 4 is 30.6 Å². The second-order valence-electron chi connectivity index (χ2n) is 3.74. The number of nitrogens with zero attached hydrogens (tertiary/aromatic N) is 2. The van der Waals surface area contributed by atoms with E-state index in [0.717, 1.165) is 16.6 Å². The van der Waals surface area contributed by atoms with Crippen LogP contribution in [0.3, 0.4) is 0 Å². The Morgan fingerprint density at radius 3 is 2.75 bits per heavy atom. The Labute approximate surface area is 98.2 Å². The van der Waals surface area contributed by atoms with Crippen molar-refractivity contribution in [2.45, 2.75) is 12.7 Å². The van der Waals surface area contributed by atoms with Crippen LogP contribution >= 0.6 is 10.7 Å². The van der Waals surface area contributed by atoms with Crippen molar-refractivity contribution in [2.75, 3.05) is 0 Å². The largest absolute Gasteiger partial charge is 0.268 e. The predicted molar refractivity (Wildman–Crippen MR) is 63.9 cm³/mol. The topological polar surface area (TPSA) is 52.0 Å². The van der Waals surface area contributed by atoms with Crippen molar-refractivity contribution in [2.24, 2.45) is 7.05 Å². The van der Waals surface area contributed by atoms with Gasteiger partial charge in [-0.25, -0.2) is 8.42 Å². The zero-order chi connectivity index (χ0) is 11.9. The second kappa shape index (κ2) is 3.75. The van der Waals surface area contributed by atoms with Crippen LogP contribution in [0.2, 0.25) is 0 Å². The highest BCUT2D eigenvalue weighted by Gasteiger charge is 2.10. The summed E-state index contributed by atoms with van der Waals surface area (Å²) in [5, 5.41) is 5.29. The Bertz CT molecular complexity index is 646. The first kappa shape index (κ1) is 11.4. The van der Waals surface area contributed by atoms with Gasteiger partial charge in [0.1, 0.15) is 0 Å². The first-order chi connectivity index (χ1) is 7.37. The first-order valence-corrected chi connectivity index (χ1v) is 7.19. The van der Waals surface area contributed by atoms with Crippen LogP contribution < -0.4 is 0 Å². The van der Waals surface area contributed by atoms with Crippen molar-refractivity contribution in [1.29, 1.82) is 0 Å². The molecule has 0 amide bonds. The fourth-order valence-electron chi connectivity index (χ4n) is 1.77. The number of halogens is 1. The van der Waals surface area contributed by atoms with E-state index in [9.17, 15) is 8.42 Å². The SMILES string of the molecule is Cc1nn(C)c2cc(CS(=O)(=O)Cl)ccc12. The van der Waals surface area contributed by atoms with E-state index in [2.05, 4.69) is 5.10 Å². The molecule has 0 spiro atoms. The maximum atomic E-state index is 11.0. The molecule has 0 aliphatic heterocycles. The zero-order valence-corrected chi connectivity index (χ0v) is 10.5. The summed E-state index contributed by atoms with van der Waals surface area (Å²) in [6, 6.07) is 5.43. The first-order valence-electron chi connectivity index (χ1n) is 4.71. The molecule has 0 aliphatic carbocycles. The Morgan fingerprint density at radius 2 is 2.12 bits per heavy atom. The number of hydrogen-bond donors (Lipinski definition) is 0. The summed E-state index contributed by atoms with van der Waals surface area (Å²) < 4.78 is 23.7. The minimum absolute atomic E-state index is 0.158. The van der Waals surface area contributed by atoms with Crippen molar-refractivity contribution < 1.29 is 8.42 Å². The number of benzene rings is 1. The normalized spacial score (nSPS) is 12.2. The summed E-state index contributed by atoms with van der Waals surface area (Å²) >= 11 is 0. The number of rotatable bonds is 2. The third-order valence-electron chi connectivity index (χ3n) is 2.44. The van der Waals surface area contributed by atoms with E-state index in [4.69, 9.17) is 10.7 Å². The average Bonchev–Trinajstić information content (AvgIpc) is 2.40. The molecular weight excluding hydrogens is 248 g/mol. The van der Waals surface area contributed by atoms with Crippen LogP contribution in [0, 0.1) is 6.92 Å². The lowest BCUT2D eigenvalue weighted by atomic mass is 10.1. The van der Waals surface area contributed by atoms with Crippen LogP contribution in [0.25, 0.3) is 10.9 Å². The molecule has 1 heterocycles. The van der Waals surface area contributed by atoms with E-state index >= 15 is 0 Å². The Morgan fingerprint density at radius 1 is 1.44 bits per heavy atom. The van der Waals surface area contributed by atoms with Crippen LogP contribution in [0.1, 0.15) is 11.3 Å². The smallest absolute Gasteiger partial charge is 0.236 e. The zero-order valence-electron chi connectivity index (χ0n) is 8.94. The number of aromatic nitrogens is 2. The summed E-state index contributed by atoms with van der Waals surface area (Å²) in [5.41, 5.74) is 2.51. The summed E-state index contributed by atoms with van der Waals surface area (Å²) in [6.45, 7) is 1.92. The lowest BCUT2D eigenvalue weighted by molar-refractivity contribution is 0.609. The van der Waals surface area contributed by atoms with Gasteiger partial charge in [-0.1, -0.05) is 12.1 Å². The molecule has 0 N–H and O–H groups in total. The lowest BCUT2D eigenvalue weighted by Gasteiger charge is -1.99. The number of fused-ring (bicyclic) bond motifs is 1. The van der Waals surface area contributed by atoms with Gasteiger partial charge in [-0.3, -0.25) is 4.68 Å². The van der Waals surface area contributed by atoms with Gasteiger partial charge in [0.2, 0.25) is 9.05 Å². The lowest BCUT2D eigenvalue weighted by Crippen LogP contribution is -1.96. The van der Waals surface area contributed by atoms with Gasteiger partial charge in [-0.15, -0.1) is 0 Å². The Hall–Kier alpha value is -1.07. The Balaban J connectivity index is 2.56. The highest BCUT2D eigenvalue weighted by atomic mass is 35.7. The van der Waals surface area contributed by atoms with Crippen molar-refractivity contribution in [3.05, 3.63) is 29.5 Å². The predicted octanol–water partition coefficient (Wildman–Crippen LogP) is 1.95. The average molecular weight is 259 g/mol. The minimum Gasteiger partial charge on any atom is -0.268 e. The molecule has 2 rings (SSSR count). The molecule has 0 bridgehead atoms. The molecule has 0 saturated carbocycles. The van der Waals surface area contributed by atoms with Crippen molar-refractivity contribution in [3.8, 4) is 0 Å². The molecular formula is C10H11ClN2O2S. The molecule has 1 aromatic carbocycles. The molecule has 6 heteroatoms. The highest BCUT2D eigenvalue weighted by Crippen LogP contribution is 2.20. The quantitative estimate of drug-likeness (QED) is 0.774. The molecule has 4 nitrogen and oxygen atoms in total. The fraction of sp³-hybridized carbons (Fsp3) is 0.300. The van der Waals surface area contributed by atoms with E-state index in [-0.39, 0.29) is 5.75 Å². The molecule has 2 aromatic rings. The van der Waals surface area contributed by atoms with Gasteiger partial charge in [0.15, 0.2) is 0 Å². The molecule has 0 unspecified atom stereocenters. The van der Waals surface area contributed by atoms with Crippen LogP contribution in [-0.4, -0.2) is 18.2 Å². The summed E-state index contributed by atoms with van der Waals surface area (Å²) in [7, 11) is 3.53. The van der Waals surface area contributed by atoms with Gasteiger partial charge in [-0.05, 0) is 18.6 Å². The van der Waals surface area contributed by atoms with Crippen LogP contribution in [0.4, 0.5) is 0 Å². The maximum Gasteiger partial charge on any atom is 0.236 e. The third kappa shape index (κ3) is 2.20. The highest BCUT2D eigenvalue weighted by molar-refractivity contribution is 8.13. The third-order valence-corrected chi connectivity index (χ3v) is 3.45. The van der Waals surface area contributed by atoms with E-state index < -0.39 is 9.05 Å². The summed E-state index contributed by atoms with van der Waals surface area (Å²) in [4.78, 5) is 0. The van der Waals surface area contributed by atoms with Gasteiger partial charge < -0.3 is 0 Å². The number of hydrogen-bond acceptors (Lipinski definition) is 3. The van der Waals surface area contributed by atoms with E-state index in [1.807, 2.05) is 20.0 Å². The standard InChI is InChI=1S/C10H11ClN2O2S/c1-7-9-4-3-8(6-16(11,14)15)5-10(9)13(2)12-7/h3-5H,6H2,1-2H3.